The van der Waals surface area contributed by atoms with Gasteiger partial charge in [-0.1, -0.05) is 47.5 Å². The van der Waals surface area contributed by atoms with Crippen molar-refractivity contribution < 1.29 is 9.59 Å². The summed E-state index contributed by atoms with van der Waals surface area (Å²) >= 11 is 0. The first-order valence-corrected chi connectivity index (χ1v) is 8.76. The summed E-state index contributed by atoms with van der Waals surface area (Å²) in [4.78, 5) is 26.6. The summed E-state index contributed by atoms with van der Waals surface area (Å²) in [5.74, 6) is 1.72. The van der Waals surface area contributed by atoms with E-state index in [2.05, 4.69) is 5.32 Å². The maximum atomic E-state index is 12.4. The summed E-state index contributed by atoms with van der Waals surface area (Å²) in [7, 11) is 0. The molecule has 4 heteroatoms. The quantitative estimate of drug-likeness (QED) is 0.868. The zero-order chi connectivity index (χ0) is 16.5. The Morgan fingerprint density at radius 2 is 1.77 bits per heavy atom. The normalized spacial score (nSPS) is 26.2. The molecule has 2 atom stereocenters. The first-order valence-electron chi connectivity index (χ1n) is 8.76. The van der Waals surface area contributed by atoms with Crippen LogP contribution in [0.3, 0.4) is 0 Å². The van der Waals surface area contributed by atoms with Crippen molar-refractivity contribution in [1.29, 1.82) is 0 Å². The molecule has 2 fully saturated rings. The van der Waals surface area contributed by atoms with E-state index in [0.29, 0.717) is 12.5 Å². The monoisotopic (exact) mass is 308 g/mol. The molecule has 2 amide bonds. The van der Waals surface area contributed by atoms with E-state index in [9.17, 15) is 9.59 Å². The lowest BCUT2D eigenvalue weighted by Crippen LogP contribution is -2.55. The highest BCUT2D eigenvalue weighted by Crippen LogP contribution is 2.38. The van der Waals surface area contributed by atoms with Gasteiger partial charge in [0.05, 0.1) is 0 Å². The Morgan fingerprint density at radius 3 is 2.27 bits per heavy atom. The SMILES string of the molecule is CC(C)C(=O)N1CC(CC2CC2)CC(NC(=O)C(C)(C)C)C1. The first-order chi connectivity index (χ1) is 10.2. The van der Waals surface area contributed by atoms with E-state index in [0.717, 1.165) is 18.9 Å². The van der Waals surface area contributed by atoms with Gasteiger partial charge in [-0.05, 0) is 24.7 Å². The van der Waals surface area contributed by atoms with Crippen LogP contribution in [0.25, 0.3) is 0 Å². The summed E-state index contributed by atoms with van der Waals surface area (Å²) < 4.78 is 0. The lowest BCUT2D eigenvalue weighted by molar-refractivity contribution is -0.138. The van der Waals surface area contributed by atoms with E-state index in [1.165, 1.54) is 19.3 Å². The highest BCUT2D eigenvalue weighted by molar-refractivity contribution is 5.82. The molecule has 22 heavy (non-hydrogen) atoms. The molecule has 1 aliphatic heterocycles. The van der Waals surface area contributed by atoms with E-state index in [1.54, 1.807) is 0 Å². The zero-order valence-corrected chi connectivity index (χ0v) is 14.8. The fourth-order valence-electron chi connectivity index (χ4n) is 3.25. The number of amides is 2. The second-order valence-corrected chi connectivity index (χ2v) is 8.60. The number of nitrogens with zero attached hydrogens (tertiary/aromatic N) is 1. The molecule has 2 rings (SSSR count). The van der Waals surface area contributed by atoms with Gasteiger partial charge in [-0.25, -0.2) is 0 Å². The number of hydrogen-bond donors (Lipinski definition) is 1. The van der Waals surface area contributed by atoms with Crippen LogP contribution in [0, 0.1) is 23.2 Å². The fourth-order valence-corrected chi connectivity index (χ4v) is 3.25. The summed E-state index contributed by atoms with van der Waals surface area (Å²) in [5.41, 5.74) is -0.379. The van der Waals surface area contributed by atoms with Gasteiger partial charge in [-0.2, -0.15) is 0 Å². The van der Waals surface area contributed by atoms with Crippen LogP contribution in [0.15, 0.2) is 0 Å². The van der Waals surface area contributed by atoms with Crippen molar-refractivity contribution in [3.8, 4) is 0 Å². The summed E-state index contributed by atoms with van der Waals surface area (Å²) in [6, 6.07) is 0.104. The highest BCUT2D eigenvalue weighted by Gasteiger charge is 2.36. The van der Waals surface area contributed by atoms with Gasteiger partial charge in [-0.3, -0.25) is 9.59 Å². The minimum absolute atomic E-state index is 0.0265. The van der Waals surface area contributed by atoms with E-state index < -0.39 is 0 Å². The number of carbonyl (C=O) groups excluding carboxylic acids is 2. The molecular formula is C18H32N2O2. The average Bonchev–Trinajstić information content (AvgIpc) is 3.20. The third-order valence-corrected chi connectivity index (χ3v) is 4.72. The van der Waals surface area contributed by atoms with Crippen LogP contribution in [0.4, 0.5) is 0 Å². The van der Waals surface area contributed by atoms with Gasteiger partial charge < -0.3 is 10.2 Å². The number of likely N-dealkylation sites (tertiary alicyclic amines) is 1. The largest absolute Gasteiger partial charge is 0.351 e. The Bertz CT molecular complexity index is 421. The molecule has 1 saturated heterocycles. The summed E-state index contributed by atoms with van der Waals surface area (Å²) in [6.07, 6.45) is 4.91. The van der Waals surface area contributed by atoms with Gasteiger partial charge in [-0.15, -0.1) is 0 Å². The topological polar surface area (TPSA) is 49.4 Å². The first kappa shape index (κ1) is 17.3. The van der Waals surface area contributed by atoms with Crippen LogP contribution in [-0.2, 0) is 9.59 Å². The molecule has 1 aliphatic carbocycles. The molecule has 0 radical (unpaired) electrons. The molecule has 2 aliphatic rings. The molecular weight excluding hydrogens is 276 g/mol. The van der Waals surface area contributed by atoms with Crippen molar-refractivity contribution in [2.75, 3.05) is 13.1 Å². The number of rotatable bonds is 4. The van der Waals surface area contributed by atoms with Gasteiger partial charge in [0.15, 0.2) is 0 Å². The second kappa shape index (κ2) is 6.59. The molecule has 0 bridgehead atoms. The minimum atomic E-state index is -0.379. The predicted octanol–water partition coefficient (Wildman–Crippen LogP) is 2.82. The molecule has 1 saturated carbocycles. The Labute approximate surface area is 135 Å². The lowest BCUT2D eigenvalue weighted by Gasteiger charge is -2.40. The van der Waals surface area contributed by atoms with Crippen LogP contribution >= 0.6 is 0 Å². The van der Waals surface area contributed by atoms with Crippen molar-refractivity contribution >= 4 is 11.8 Å². The highest BCUT2D eigenvalue weighted by atomic mass is 16.2. The third-order valence-electron chi connectivity index (χ3n) is 4.72. The van der Waals surface area contributed by atoms with E-state index in [4.69, 9.17) is 0 Å². The van der Waals surface area contributed by atoms with Crippen molar-refractivity contribution in [1.82, 2.24) is 10.2 Å². The van der Waals surface area contributed by atoms with E-state index in [-0.39, 0.29) is 29.2 Å². The Hall–Kier alpha value is -1.06. The van der Waals surface area contributed by atoms with Crippen molar-refractivity contribution in [2.45, 2.75) is 66.3 Å². The summed E-state index contributed by atoms with van der Waals surface area (Å²) in [5, 5.41) is 3.17. The Morgan fingerprint density at radius 1 is 1.14 bits per heavy atom. The second-order valence-electron chi connectivity index (χ2n) is 8.60. The maximum Gasteiger partial charge on any atom is 0.225 e. The smallest absolute Gasteiger partial charge is 0.225 e. The molecule has 0 aromatic heterocycles. The molecule has 1 N–H and O–H groups in total. The Kier molecular flexibility index (Phi) is 5.18. The van der Waals surface area contributed by atoms with Crippen molar-refractivity contribution in [3.05, 3.63) is 0 Å². The zero-order valence-electron chi connectivity index (χ0n) is 14.8. The molecule has 0 aromatic carbocycles. The van der Waals surface area contributed by atoms with E-state index >= 15 is 0 Å². The van der Waals surface area contributed by atoms with Gasteiger partial charge >= 0.3 is 0 Å². The molecule has 1 heterocycles. The Balaban J connectivity index is 2.01. The molecule has 126 valence electrons. The molecule has 2 unspecified atom stereocenters. The molecule has 0 spiro atoms. The van der Waals surface area contributed by atoms with Crippen molar-refractivity contribution in [3.63, 3.8) is 0 Å². The fraction of sp³-hybridized carbons (Fsp3) is 0.889. The summed E-state index contributed by atoms with van der Waals surface area (Å²) in [6.45, 7) is 11.2. The standard InChI is InChI=1S/C18H32N2O2/c1-12(2)16(21)20-10-14(8-13-6-7-13)9-15(11-20)19-17(22)18(3,4)5/h12-15H,6-11H2,1-5H3,(H,19,22). The molecule has 0 aromatic rings. The maximum absolute atomic E-state index is 12.4. The van der Waals surface area contributed by atoms with E-state index in [1.807, 2.05) is 39.5 Å². The van der Waals surface area contributed by atoms with Crippen LogP contribution < -0.4 is 5.32 Å². The van der Waals surface area contributed by atoms with Crippen LogP contribution in [0.1, 0.15) is 60.3 Å². The predicted molar refractivity (Wildman–Crippen MR) is 88.3 cm³/mol. The van der Waals surface area contributed by atoms with Crippen LogP contribution in [-0.4, -0.2) is 35.8 Å². The third kappa shape index (κ3) is 4.72. The van der Waals surface area contributed by atoms with Crippen LogP contribution in [0.2, 0.25) is 0 Å². The number of carbonyl (C=O) groups is 2. The van der Waals surface area contributed by atoms with Gasteiger partial charge in [0.25, 0.3) is 0 Å². The molecule has 4 nitrogen and oxygen atoms in total. The van der Waals surface area contributed by atoms with Gasteiger partial charge in [0, 0.05) is 30.5 Å². The lowest BCUT2D eigenvalue weighted by atomic mass is 9.88. The van der Waals surface area contributed by atoms with Crippen molar-refractivity contribution in [2.24, 2.45) is 23.2 Å². The number of hydrogen-bond acceptors (Lipinski definition) is 2. The number of nitrogens with one attached hydrogen (secondary N) is 1. The van der Waals surface area contributed by atoms with Crippen LogP contribution in [0.5, 0.6) is 0 Å². The average molecular weight is 308 g/mol. The minimum Gasteiger partial charge on any atom is -0.351 e. The van der Waals surface area contributed by atoms with Gasteiger partial charge in [0.1, 0.15) is 0 Å². The van der Waals surface area contributed by atoms with Gasteiger partial charge in [0.2, 0.25) is 11.8 Å². The number of piperidine rings is 1.